The monoisotopic (exact) mass is 402 g/mol. The van der Waals surface area contributed by atoms with Crippen LogP contribution in [0.5, 0.6) is 0 Å². The molecule has 0 aliphatic heterocycles. The number of nitrogens with two attached hydrogens (primary N) is 1. The van der Waals surface area contributed by atoms with Crippen molar-refractivity contribution in [2.45, 2.75) is 38.3 Å². The molecule has 1 amide bonds. The van der Waals surface area contributed by atoms with Crippen LogP contribution in [-0.2, 0) is 11.3 Å². The fourth-order valence-corrected chi connectivity index (χ4v) is 3.61. The van der Waals surface area contributed by atoms with Crippen LogP contribution in [0.2, 0.25) is 10.0 Å². The normalized spacial score (nSPS) is 20.0. The first kappa shape index (κ1) is 20.0. The molecule has 1 aliphatic carbocycles. The van der Waals surface area contributed by atoms with Gasteiger partial charge in [-0.25, -0.2) is 4.68 Å². The van der Waals surface area contributed by atoms with Crippen molar-refractivity contribution in [1.29, 1.82) is 0 Å². The second kappa shape index (κ2) is 8.90. The number of anilines is 1. The van der Waals surface area contributed by atoms with Gasteiger partial charge < -0.3 is 11.1 Å². The van der Waals surface area contributed by atoms with E-state index in [0.29, 0.717) is 22.4 Å². The summed E-state index contributed by atoms with van der Waals surface area (Å²) >= 11 is 12.4. The molecule has 1 saturated carbocycles. The van der Waals surface area contributed by atoms with Gasteiger partial charge in [0.05, 0.1) is 12.7 Å². The minimum absolute atomic E-state index is 0. The SMILES string of the molecule is Cl.NC1CCCC(C(=O)Nc2ccnn2Cc2c(Cl)cccc2Cl)C1. The summed E-state index contributed by atoms with van der Waals surface area (Å²) in [7, 11) is 0. The Labute approximate surface area is 163 Å². The first-order chi connectivity index (χ1) is 11.5. The first-order valence-electron chi connectivity index (χ1n) is 8.05. The predicted molar refractivity (Wildman–Crippen MR) is 104 cm³/mol. The molecule has 136 valence electrons. The van der Waals surface area contributed by atoms with E-state index in [4.69, 9.17) is 28.9 Å². The maximum absolute atomic E-state index is 12.5. The van der Waals surface area contributed by atoms with E-state index in [1.54, 1.807) is 35.1 Å². The summed E-state index contributed by atoms with van der Waals surface area (Å²) in [6.45, 7) is 0.394. The Morgan fingerprint density at radius 2 is 2.00 bits per heavy atom. The van der Waals surface area contributed by atoms with Gasteiger partial charge in [0, 0.05) is 33.6 Å². The maximum atomic E-state index is 12.5. The standard InChI is InChI=1S/C17H20Cl2N4O.ClH/c18-14-5-2-6-15(19)13(14)10-23-16(7-8-21-23)22-17(24)11-3-1-4-12(20)9-11;/h2,5-8,11-12H,1,3-4,9-10,20H2,(H,22,24);1H. The molecule has 3 N–H and O–H groups in total. The summed E-state index contributed by atoms with van der Waals surface area (Å²) in [5.74, 6) is 0.591. The van der Waals surface area contributed by atoms with Crippen molar-refractivity contribution >= 4 is 47.3 Å². The number of nitrogens with zero attached hydrogens (tertiary/aromatic N) is 2. The highest BCUT2D eigenvalue weighted by molar-refractivity contribution is 6.35. The van der Waals surface area contributed by atoms with Crippen LogP contribution >= 0.6 is 35.6 Å². The lowest BCUT2D eigenvalue weighted by atomic mass is 9.85. The number of nitrogens with one attached hydrogen (secondary N) is 1. The summed E-state index contributed by atoms with van der Waals surface area (Å²) in [6.07, 6.45) is 5.24. The third kappa shape index (κ3) is 4.88. The van der Waals surface area contributed by atoms with Crippen LogP contribution in [0.25, 0.3) is 0 Å². The Morgan fingerprint density at radius 3 is 2.68 bits per heavy atom. The van der Waals surface area contributed by atoms with Crippen molar-refractivity contribution in [3.8, 4) is 0 Å². The van der Waals surface area contributed by atoms with Crippen molar-refractivity contribution < 1.29 is 4.79 Å². The molecule has 0 saturated heterocycles. The minimum atomic E-state index is -0.0407. The minimum Gasteiger partial charge on any atom is -0.328 e. The average molecular weight is 404 g/mol. The van der Waals surface area contributed by atoms with Gasteiger partial charge in [-0.05, 0) is 31.4 Å². The number of aromatic nitrogens is 2. The first-order valence-corrected chi connectivity index (χ1v) is 8.81. The molecule has 1 aromatic carbocycles. The number of benzene rings is 1. The lowest BCUT2D eigenvalue weighted by Gasteiger charge is -2.25. The highest BCUT2D eigenvalue weighted by atomic mass is 35.5. The Bertz CT molecular complexity index is 714. The zero-order valence-corrected chi connectivity index (χ0v) is 15.9. The highest BCUT2D eigenvalue weighted by Gasteiger charge is 2.26. The quantitative estimate of drug-likeness (QED) is 0.806. The Balaban J connectivity index is 0.00000225. The smallest absolute Gasteiger partial charge is 0.228 e. The molecular weight excluding hydrogens is 383 g/mol. The summed E-state index contributed by atoms with van der Waals surface area (Å²) in [6, 6.07) is 7.25. The van der Waals surface area contributed by atoms with Crippen LogP contribution in [0.1, 0.15) is 31.2 Å². The molecule has 1 aliphatic rings. The molecule has 3 rings (SSSR count). The molecule has 8 heteroatoms. The summed E-state index contributed by atoms with van der Waals surface area (Å²) in [5, 5.41) is 8.38. The van der Waals surface area contributed by atoms with Crippen LogP contribution in [0.4, 0.5) is 5.82 Å². The van der Waals surface area contributed by atoms with Crippen LogP contribution < -0.4 is 11.1 Å². The van der Waals surface area contributed by atoms with Crippen LogP contribution in [0.15, 0.2) is 30.5 Å². The maximum Gasteiger partial charge on any atom is 0.228 e. The number of carbonyl (C=O) groups excluding carboxylic acids is 1. The molecule has 0 spiro atoms. The molecule has 0 bridgehead atoms. The van der Waals surface area contributed by atoms with Gasteiger partial charge in [0.25, 0.3) is 0 Å². The summed E-state index contributed by atoms with van der Waals surface area (Å²) < 4.78 is 1.69. The van der Waals surface area contributed by atoms with Gasteiger partial charge in [-0.3, -0.25) is 4.79 Å². The van der Waals surface area contributed by atoms with Gasteiger partial charge in [-0.2, -0.15) is 5.10 Å². The number of hydrogen-bond acceptors (Lipinski definition) is 3. The number of halogens is 3. The Hall–Kier alpha value is -1.27. The topological polar surface area (TPSA) is 72.9 Å². The third-order valence-electron chi connectivity index (χ3n) is 4.42. The number of carbonyl (C=O) groups is 1. The number of rotatable bonds is 4. The second-order valence-corrected chi connectivity index (χ2v) is 7.00. The van der Waals surface area contributed by atoms with Gasteiger partial charge >= 0.3 is 0 Å². The molecule has 2 aromatic rings. The van der Waals surface area contributed by atoms with Crippen LogP contribution in [0.3, 0.4) is 0 Å². The molecule has 5 nitrogen and oxygen atoms in total. The largest absolute Gasteiger partial charge is 0.328 e. The molecule has 2 unspecified atom stereocenters. The fraction of sp³-hybridized carbons (Fsp3) is 0.412. The zero-order valence-electron chi connectivity index (χ0n) is 13.6. The summed E-state index contributed by atoms with van der Waals surface area (Å²) in [5.41, 5.74) is 6.75. The Morgan fingerprint density at radius 1 is 1.28 bits per heavy atom. The fourth-order valence-electron chi connectivity index (χ4n) is 3.09. The predicted octanol–water partition coefficient (Wildman–Crippen LogP) is 4.12. The van der Waals surface area contributed by atoms with Crippen molar-refractivity contribution in [3.05, 3.63) is 46.1 Å². The van der Waals surface area contributed by atoms with Gasteiger partial charge in [0.2, 0.25) is 5.91 Å². The second-order valence-electron chi connectivity index (χ2n) is 6.19. The molecule has 1 fully saturated rings. The Kier molecular flexibility index (Phi) is 7.14. The van der Waals surface area contributed by atoms with E-state index in [2.05, 4.69) is 10.4 Å². The van der Waals surface area contributed by atoms with Gasteiger partial charge in [-0.15, -0.1) is 12.4 Å². The van der Waals surface area contributed by atoms with E-state index in [-0.39, 0.29) is 30.3 Å². The summed E-state index contributed by atoms with van der Waals surface area (Å²) in [4.78, 5) is 12.5. The van der Waals surface area contributed by atoms with E-state index < -0.39 is 0 Å². The van der Waals surface area contributed by atoms with E-state index in [1.807, 2.05) is 0 Å². The van der Waals surface area contributed by atoms with Crippen molar-refractivity contribution in [3.63, 3.8) is 0 Å². The van der Waals surface area contributed by atoms with Crippen LogP contribution in [-0.4, -0.2) is 21.7 Å². The van der Waals surface area contributed by atoms with Gasteiger partial charge in [0.1, 0.15) is 5.82 Å². The third-order valence-corrected chi connectivity index (χ3v) is 5.13. The van der Waals surface area contributed by atoms with E-state index in [9.17, 15) is 4.79 Å². The van der Waals surface area contributed by atoms with Crippen molar-refractivity contribution in [1.82, 2.24) is 9.78 Å². The van der Waals surface area contributed by atoms with E-state index in [0.717, 1.165) is 31.2 Å². The van der Waals surface area contributed by atoms with E-state index in [1.165, 1.54) is 0 Å². The molecule has 1 heterocycles. The molecule has 25 heavy (non-hydrogen) atoms. The van der Waals surface area contributed by atoms with Crippen molar-refractivity contribution in [2.75, 3.05) is 5.32 Å². The van der Waals surface area contributed by atoms with Gasteiger partial charge in [-0.1, -0.05) is 35.7 Å². The lowest BCUT2D eigenvalue weighted by molar-refractivity contribution is -0.120. The van der Waals surface area contributed by atoms with Crippen LogP contribution in [0, 0.1) is 5.92 Å². The average Bonchev–Trinajstić information content (AvgIpc) is 2.98. The highest BCUT2D eigenvalue weighted by Crippen LogP contribution is 2.27. The van der Waals surface area contributed by atoms with E-state index >= 15 is 0 Å². The lowest BCUT2D eigenvalue weighted by Crippen LogP contribution is -2.34. The molecular formula is C17H21Cl3N4O. The number of amides is 1. The van der Waals surface area contributed by atoms with Crippen molar-refractivity contribution in [2.24, 2.45) is 11.7 Å². The molecule has 0 radical (unpaired) electrons. The number of hydrogen-bond donors (Lipinski definition) is 2. The molecule has 2 atom stereocenters. The van der Waals surface area contributed by atoms with Gasteiger partial charge in [0.15, 0.2) is 0 Å². The molecule has 1 aromatic heterocycles. The zero-order chi connectivity index (χ0) is 17.1.